The van der Waals surface area contributed by atoms with Gasteiger partial charge in [-0.15, -0.1) is 0 Å². The standard InChI is InChI=1S/C13H29NS/c1-4-6-7-8-9-14-10-11-15-12-13(3)5-2/h13-14H,4-12H2,1-3H3. The van der Waals surface area contributed by atoms with Gasteiger partial charge in [0, 0.05) is 12.3 Å². The Morgan fingerprint density at radius 2 is 1.87 bits per heavy atom. The highest BCUT2D eigenvalue weighted by Crippen LogP contribution is 2.10. The third-order valence-corrected chi connectivity index (χ3v) is 4.03. The second kappa shape index (κ2) is 12.4. The van der Waals surface area contributed by atoms with E-state index in [1.54, 1.807) is 0 Å². The second-order valence-corrected chi connectivity index (χ2v) is 5.55. The molecule has 0 heterocycles. The minimum Gasteiger partial charge on any atom is -0.316 e. The van der Waals surface area contributed by atoms with Crippen LogP contribution in [0.3, 0.4) is 0 Å². The first kappa shape index (κ1) is 15.3. The van der Waals surface area contributed by atoms with Crippen molar-refractivity contribution in [2.75, 3.05) is 24.6 Å². The average Bonchev–Trinajstić information content (AvgIpc) is 2.26. The van der Waals surface area contributed by atoms with Crippen LogP contribution in [0.4, 0.5) is 0 Å². The van der Waals surface area contributed by atoms with Crippen LogP contribution in [0.2, 0.25) is 0 Å². The Labute approximate surface area is 101 Å². The zero-order valence-corrected chi connectivity index (χ0v) is 11.7. The minimum absolute atomic E-state index is 0.888. The van der Waals surface area contributed by atoms with E-state index in [1.165, 1.54) is 56.7 Å². The first-order valence-corrected chi connectivity index (χ1v) is 7.75. The Kier molecular flexibility index (Phi) is 12.6. The molecule has 0 aromatic heterocycles. The zero-order valence-electron chi connectivity index (χ0n) is 10.8. The molecule has 0 aromatic carbocycles. The van der Waals surface area contributed by atoms with Gasteiger partial charge in [-0.3, -0.25) is 0 Å². The van der Waals surface area contributed by atoms with Gasteiger partial charge in [-0.05, 0) is 24.6 Å². The van der Waals surface area contributed by atoms with Gasteiger partial charge in [-0.25, -0.2) is 0 Å². The van der Waals surface area contributed by atoms with Gasteiger partial charge in [0.2, 0.25) is 0 Å². The lowest BCUT2D eigenvalue weighted by Crippen LogP contribution is -2.18. The largest absolute Gasteiger partial charge is 0.316 e. The van der Waals surface area contributed by atoms with Gasteiger partial charge in [0.25, 0.3) is 0 Å². The summed E-state index contributed by atoms with van der Waals surface area (Å²) in [6.07, 6.45) is 6.79. The lowest BCUT2D eigenvalue weighted by atomic mass is 10.2. The van der Waals surface area contributed by atoms with Crippen LogP contribution in [0.1, 0.15) is 52.9 Å². The van der Waals surface area contributed by atoms with Gasteiger partial charge >= 0.3 is 0 Å². The minimum atomic E-state index is 0.888. The molecule has 0 aromatic rings. The molecular weight excluding hydrogens is 202 g/mol. The summed E-state index contributed by atoms with van der Waals surface area (Å²) in [5.41, 5.74) is 0. The molecule has 1 atom stereocenters. The summed E-state index contributed by atoms with van der Waals surface area (Å²) in [7, 11) is 0. The van der Waals surface area contributed by atoms with E-state index in [-0.39, 0.29) is 0 Å². The van der Waals surface area contributed by atoms with Crippen LogP contribution in [-0.2, 0) is 0 Å². The van der Waals surface area contributed by atoms with Gasteiger partial charge in [-0.1, -0.05) is 46.5 Å². The highest BCUT2D eigenvalue weighted by Gasteiger charge is 1.97. The highest BCUT2D eigenvalue weighted by atomic mass is 32.2. The van der Waals surface area contributed by atoms with Crippen LogP contribution in [0.15, 0.2) is 0 Å². The first-order chi connectivity index (χ1) is 7.31. The van der Waals surface area contributed by atoms with Gasteiger partial charge in [0.1, 0.15) is 0 Å². The fourth-order valence-electron chi connectivity index (χ4n) is 1.35. The number of thioether (sulfide) groups is 1. The van der Waals surface area contributed by atoms with Crippen molar-refractivity contribution in [3.8, 4) is 0 Å². The summed E-state index contributed by atoms with van der Waals surface area (Å²) in [4.78, 5) is 0. The Hall–Kier alpha value is 0.310. The number of hydrogen-bond donors (Lipinski definition) is 1. The summed E-state index contributed by atoms with van der Waals surface area (Å²) < 4.78 is 0. The molecule has 1 nitrogen and oxygen atoms in total. The Morgan fingerprint density at radius 3 is 2.53 bits per heavy atom. The van der Waals surface area contributed by atoms with Gasteiger partial charge in [0.05, 0.1) is 0 Å². The van der Waals surface area contributed by atoms with Crippen LogP contribution in [-0.4, -0.2) is 24.6 Å². The quantitative estimate of drug-likeness (QED) is 0.541. The summed E-state index contributed by atoms with van der Waals surface area (Å²) >= 11 is 2.09. The van der Waals surface area contributed by atoms with Crippen LogP contribution in [0, 0.1) is 5.92 Å². The van der Waals surface area contributed by atoms with Crippen molar-refractivity contribution in [2.24, 2.45) is 5.92 Å². The van der Waals surface area contributed by atoms with Crippen LogP contribution < -0.4 is 5.32 Å². The maximum atomic E-state index is 3.52. The molecule has 92 valence electrons. The molecule has 0 bridgehead atoms. The summed E-state index contributed by atoms with van der Waals surface area (Å²) in [6, 6.07) is 0. The summed E-state index contributed by atoms with van der Waals surface area (Å²) in [5.74, 6) is 3.49. The molecule has 15 heavy (non-hydrogen) atoms. The van der Waals surface area contributed by atoms with Crippen LogP contribution >= 0.6 is 11.8 Å². The fourth-order valence-corrected chi connectivity index (χ4v) is 2.44. The van der Waals surface area contributed by atoms with E-state index in [9.17, 15) is 0 Å². The second-order valence-electron chi connectivity index (χ2n) is 4.40. The van der Waals surface area contributed by atoms with Crippen molar-refractivity contribution >= 4 is 11.8 Å². The molecule has 0 radical (unpaired) electrons. The third-order valence-electron chi connectivity index (χ3n) is 2.73. The molecule has 0 aliphatic carbocycles. The maximum Gasteiger partial charge on any atom is 0.00582 e. The number of unbranched alkanes of at least 4 members (excludes halogenated alkanes) is 3. The van der Waals surface area contributed by atoms with E-state index in [2.05, 4.69) is 37.8 Å². The van der Waals surface area contributed by atoms with Crippen molar-refractivity contribution in [2.45, 2.75) is 52.9 Å². The van der Waals surface area contributed by atoms with E-state index < -0.39 is 0 Å². The molecule has 2 heteroatoms. The summed E-state index contributed by atoms with van der Waals surface area (Å²) in [5, 5.41) is 3.52. The molecule has 1 N–H and O–H groups in total. The van der Waals surface area contributed by atoms with Crippen LogP contribution in [0.5, 0.6) is 0 Å². The maximum absolute atomic E-state index is 3.52. The normalized spacial score (nSPS) is 13.0. The molecule has 0 amide bonds. The molecule has 0 rings (SSSR count). The van der Waals surface area contributed by atoms with Crippen molar-refractivity contribution in [3.05, 3.63) is 0 Å². The molecule has 0 aliphatic heterocycles. The van der Waals surface area contributed by atoms with Crippen molar-refractivity contribution in [3.63, 3.8) is 0 Å². The Balaban J connectivity index is 2.92. The molecule has 0 fully saturated rings. The molecule has 1 unspecified atom stereocenters. The molecule has 0 saturated heterocycles. The predicted molar refractivity (Wildman–Crippen MR) is 73.8 cm³/mol. The zero-order chi connectivity index (χ0) is 11.4. The average molecular weight is 231 g/mol. The third kappa shape index (κ3) is 12.2. The fraction of sp³-hybridized carbons (Fsp3) is 1.00. The lowest BCUT2D eigenvalue weighted by Gasteiger charge is -2.08. The van der Waals surface area contributed by atoms with Crippen molar-refractivity contribution in [1.82, 2.24) is 5.32 Å². The van der Waals surface area contributed by atoms with E-state index in [0.717, 1.165) is 5.92 Å². The predicted octanol–water partition coefficient (Wildman–Crippen LogP) is 3.94. The molecule has 0 spiro atoms. The molecule has 0 aliphatic rings. The van der Waals surface area contributed by atoms with Gasteiger partial charge in [-0.2, -0.15) is 11.8 Å². The lowest BCUT2D eigenvalue weighted by molar-refractivity contribution is 0.611. The first-order valence-electron chi connectivity index (χ1n) is 6.59. The molecular formula is C13H29NS. The Bertz CT molecular complexity index is 117. The van der Waals surface area contributed by atoms with Crippen molar-refractivity contribution in [1.29, 1.82) is 0 Å². The highest BCUT2D eigenvalue weighted by molar-refractivity contribution is 7.99. The number of nitrogens with one attached hydrogen (secondary N) is 1. The smallest absolute Gasteiger partial charge is 0.00582 e. The van der Waals surface area contributed by atoms with E-state index in [1.807, 2.05) is 0 Å². The monoisotopic (exact) mass is 231 g/mol. The van der Waals surface area contributed by atoms with E-state index in [0.29, 0.717) is 0 Å². The Morgan fingerprint density at radius 1 is 1.07 bits per heavy atom. The van der Waals surface area contributed by atoms with E-state index >= 15 is 0 Å². The van der Waals surface area contributed by atoms with Crippen LogP contribution in [0.25, 0.3) is 0 Å². The topological polar surface area (TPSA) is 12.0 Å². The molecule has 0 saturated carbocycles. The number of hydrogen-bond acceptors (Lipinski definition) is 2. The van der Waals surface area contributed by atoms with Gasteiger partial charge < -0.3 is 5.32 Å². The van der Waals surface area contributed by atoms with Crippen molar-refractivity contribution < 1.29 is 0 Å². The van der Waals surface area contributed by atoms with Gasteiger partial charge in [0.15, 0.2) is 0 Å². The van der Waals surface area contributed by atoms with E-state index in [4.69, 9.17) is 0 Å². The number of rotatable bonds is 11. The summed E-state index contributed by atoms with van der Waals surface area (Å²) in [6.45, 7) is 9.28. The SMILES string of the molecule is CCCCCCNCCSCC(C)CC.